The van der Waals surface area contributed by atoms with E-state index in [2.05, 4.69) is 24.3 Å². The second-order valence-electron chi connectivity index (χ2n) is 6.72. The van der Waals surface area contributed by atoms with Crippen molar-refractivity contribution in [2.75, 3.05) is 0 Å². The molecule has 3 rings (SSSR count). The van der Waals surface area contributed by atoms with Crippen LogP contribution in [0, 0.1) is 11.8 Å². The molecule has 22 heavy (non-hydrogen) atoms. The molecular formula is C20H25ClO. The van der Waals surface area contributed by atoms with Crippen molar-refractivity contribution >= 4 is 11.6 Å². The van der Waals surface area contributed by atoms with Crippen molar-refractivity contribution < 1.29 is 5.11 Å². The van der Waals surface area contributed by atoms with Gasteiger partial charge in [0.05, 0.1) is 0 Å². The van der Waals surface area contributed by atoms with Gasteiger partial charge in [0.25, 0.3) is 0 Å². The van der Waals surface area contributed by atoms with Gasteiger partial charge in [-0.3, -0.25) is 0 Å². The first-order chi connectivity index (χ1) is 10.7. The van der Waals surface area contributed by atoms with E-state index in [1.54, 1.807) is 0 Å². The molecule has 0 amide bonds. The van der Waals surface area contributed by atoms with Crippen LogP contribution >= 0.6 is 11.6 Å². The standard InChI is InChI=1S/C20H25ClO/c21-19-13-17(11-15-7-3-1-4-8-15)20(22)18(14-19)12-16-9-5-2-6-10-16/h3,5,7,9,13-16,22H,1-2,4,6,8,10-12H2. The Hall–Kier alpha value is -1.21. The summed E-state index contributed by atoms with van der Waals surface area (Å²) < 4.78 is 0. The van der Waals surface area contributed by atoms with Gasteiger partial charge in [0.2, 0.25) is 0 Å². The van der Waals surface area contributed by atoms with Crippen LogP contribution in [0.5, 0.6) is 5.75 Å². The van der Waals surface area contributed by atoms with Gasteiger partial charge in [-0.05, 0) is 86.5 Å². The average Bonchev–Trinajstić information content (AvgIpc) is 2.54. The number of phenols is 1. The van der Waals surface area contributed by atoms with Crippen LogP contribution < -0.4 is 0 Å². The molecule has 1 N–H and O–H groups in total. The molecule has 118 valence electrons. The highest BCUT2D eigenvalue weighted by molar-refractivity contribution is 6.30. The molecule has 1 aromatic carbocycles. The van der Waals surface area contributed by atoms with Crippen LogP contribution in [0.15, 0.2) is 36.4 Å². The molecule has 0 bridgehead atoms. The molecule has 1 nitrogen and oxygen atoms in total. The molecular weight excluding hydrogens is 292 g/mol. The Labute approximate surface area is 138 Å². The summed E-state index contributed by atoms with van der Waals surface area (Å²) in [4.78, 5) is 0. The Bertz CT molecular complexity index is 526. The lowest BCUT2D eigenvalue weighted by atomic mass is 9.86. The molecule has 0 aromatic heterocycles. The monoisotopic (exact) mass is 316 g/mol. The van der Waals surface area contributed by atoms with Crippen LogP contribution in [0.25, 0.3) is 0 Å². The molecule has 2 aliphatic carbocycles. The molecule has 0 heterocycles. The van der Waals surface area contributed by atoms with Crippen LogP contribution in [0.3, 0.4) is 0 Å². The maximum Gasteiger partial charge on any atom is 0.122 e. The predicted molar refractivity (Wildman–Crippen MR) is 93.5 cm³/mol. The van der Waals surface area contributed by atoms with E-state index >= 15 is 0 Å². The van der Waals surface area contributed by atoms with Gasteiger partial charge in [-0.1, -0.05) is 35.9 Å². The van der Waals surface area contributed by atoms with E-state index in [0.29, 0.717) is 17.6 Å². The second-order valence-corrected chi connectivity index (χ2v) is 7.16. The fraction of sp³-hybridized carbons (Fsp3) is 0.500. The minimum absolute atomic E-state index is 0.474. The lowest BCUT2D eigenvalue weighted by Crippen LogP contribution is -2.08. The summed E-state index contributed by atoms with van der Waals surface area (Å²) in [6.45, 7) is 0. The molecule has 0 radical (unpaired) electrons. The zero-order valence-corrected chi connectivity index (χ0v) is 13.9. The molecule has 2 atom stereocenters. The Morgan fingerprint density at radius 3 is 1.82 bits per heavy atom. The van der Waals surface area contributed by atoms with Crippen LogP contribution in [-0.4, -0.2) is 5.11 Å². The molecule has 2 unspecified atom stereocenters. The van der Waals surface area contributed by atoms with Gasteiger partial charge >= 0.3 is 0 Å². The van der Waals surface area contributed by atoms with Crippen LogP contribution in [0.2, 0.25) is 5.02 Å². The Morgan fingerprint density at radius 2 is 1.41 bits per heavy atom. The van der Waals surface area contributed by atoms with Gasteiger partial charge in [-0.2, -0.15) is 0 Å². The number of allylic oxidation sites excluding steroid dienone is 4. The van der Waals surface area contributed by atoms with Crippen molar-refractivity contribution in [3.63, 3.8) is 0 Å². The number of halogens is 1. The van der Waals surface area contributed by atoms with E-state index in [1.165, 1.54) is 38.5 Å². The van der Waals surface area contributed by atoms with E-state index in [9.17, 15) is 5.11 Å². The fourth-order valence-corrected chi connectivity index (χ4v) is 3.96. The molecule has 0 saturated heterocycles. The lowest BCUT2D eigenvalue weighted by molar-refractivity contribution is 0.443. The first-order valence-corrected chi connectivity index (χ1v) is 8.94. The fourth-order valence-electron chi connectivity index (χ4n) is 3.70. The molecule has 0 fully saturated rings. The summed E-state index contributed by atoms with van der Waals surface area (Å²) >= 11 is 6.31. The minimum Gasteiger partial charge on any atom is -0.507 e. The lowest BCUT2D eigenvalue weighted by Gasteiger charge is -2.20. The van der Waals surface area contributed by atoms with E-state index in [1.807, 2.05) is 12.1 Å². The predicted octanol–water partition coefficient (Wildman–Crippen LogP) is 5.84. The zero-order chi connectivity index (χ0) is 15.4. The normalized spacial score (nSPS) is 24.6. The third kappa shape index (κ3) is 3.95. The van der Waals surface area contributed by atoms with Crippen molar-refractivity contribution in [2.24, 2.45) is 11.8 Å². The van der Waals surface area contributed by atoms with Crippen molar-refractivity contribution in [3.05, 3.63) is 52.6 Å². The smallest absolute Gasteiger partial charge is 0.122 e. The molecule has 0 spiro atoms. The summed E-state index contributed by atoms with van der Waals surface area (Å²) in [5.74, 6) is 1.56. The summed E-state index contributed by atoms with van der Waals surface area (Å²) in [5.41, 5.74) is 2.03. The van der Waals surface area contributed by atoms with Gasteiger partial charge in [-0.15, -0.1) is 0 Å². The Kier molecular flexibility index (Phi) is 5.25. The van der Waals surface area contributed by atoms with E-state index in [0.717, 1.165) is 29.0 Å². The number of hydrogen-bond donors (Lipinski definition) is 1. The van der Waals surface area contributed by atoms with Gasteiger partial charge < -0.3 is 5.11 Å². The number of benzene rings is 1. The third-order valence-corrected chi connectivity index (χ3v) is 5.12. The first-order valence-electron chi connectivity index (χ1n) is 8.56. The third-order valence-electron chi connectivity index (χ3n) is 4.90. The highest BCUT2D eigenvalue weighted by atomic mass is 35.5. The van der Waals surface area contributed by atoms with E-state index in [4.69, 9.17) is 11.6 Å². The molecule has 1 aromatic rings. The summed E-state index contributed by atoms with van der Waals surface area (Å²) in [6.07, 6.45) is 18.2. The summed E-state index contributed by atoms with van der Waals surface area (Å²) in [6, 6.07) is 3.89. The van der Waals surface area contributed by atoms with E-state index in [-0.39, 0.29) is 0 Å². The van der Waals surface area contributed by atoms with Crippen LogP contribution in [0.4, 0.5) is 0 Å². The number of hydrogen-bond acceptors (Lipinski definition) is 1. The molecule has 0 aliphatic heterocycles. The van der Waals surface area contributed by atoms with Crippen molar-refractivity contribution in [1.29, 1.82) is 0 Å². The molecule has 2 heteroatoms. The van der Waals surface area contributed by atoms with Gasteiger partial charge in [0.15, 0.2) is 0 Å². The van der Waals surface area contributed by atoms with Crippen molar-refractivity contribution in [3.8, 4) is 5.75 Å². The number of phenolic OH excluding ortho intramolecular Hbond substituents is 1. The number of aromatic hydroxyl groups is 1. The average molecular weight is 317 g/mol. The van der Waals surface area contributed by atoms with Gasteiger partial charge in [0.1, 0.15) is 5.75 Å². The molecule has 0 saturated carbocycles. The largest absolute Gasteiger partial charge is 0.507 e. The highest BCUT2D eigenvalue weighted by Crippen LogP contribution is 2.34. The van der Waals surface area contributed by atoms with Gasteiger partial charge in [0, 0.05) is 5.02 Å². The quantitative estimate of drug-likeness (QED) is 0.691. The second kappa shape index (κ2) is 7.37. The summed E-state index contributed by atoms with van der Waals surface area (Å²) in [7, 11) is 0. The van der Waals surface area contributed by atoms with Crippen LogP contribution in [-0.2, 0) is 12.8 Å². The number of rotatable bonds is 4. The first kappa shape index (κ1) is 15.7. The maximum absolute atomic E-state index is 10.7. The van der Waals surface area contributed by atoms with Crippen LogP contribution in [0.1, 0.15) is 49.7 Å². The van der Waals surface area contributed by atoms with Crippen molar-refractivity contribution in [2.45, 2.75) is 51.4 Å². The van der Waals surface area contributed by atoms with Crippen molar-refractivity contribution in [1.82, 2.24) is 0 Å². The summed E-state index contributed by atoms with van der Waals surface area (Å²) in [5, 5.41) is 11.4. The van der Waals surface area contributed by atoms with Gasteiger partial charge in [-0.25, -0.2) is 0 Å². The maximum atomic E-state index is 10.7. The highest BCUT2D eigenvalue weighted by Gasteiger charge is 2.17. The topological polar surface area (TPSA) is 20.2 Å². The van der Waals surface area contributed by atoms with E-state index < -0.39 is 0 Å². The SMILES string of the molecule is Oc1c(CC2C=CCCC2)cc(Cl)cc1CC1C=CCCC1. The minimum atomic E-state index is 0.474. The Morgan fingerprint density at radius 1 is 0.909 bits per heavy atom. The Balaban J connectivity index is 1.78. The molecule has 2 aliphatic rings. The zero-order valence-electron chi connectivity index (χ0n) is 13.1.